The Morgan fingerprint density at radius 2 is 1.14 bits per heavy atom. The van der Waals surface area contributed by atoms with Crippen molar-refractivity contribution in [2.45, 2.75) is 116 Å². The van der Waals surface area contributed by atoms with E-state index in [0.29, 0.717) is 29.4 Å². The second-order valence-corrected chi connectivity index (χ2v) is 17.7. The summed E-state index contributed by atoms with van der Waals surface area (Å²) in [7, 11) is 1.66. The van der Waals surface area contributed by atoms with Gasteiger partial charge in [-0.1, -0.05) is 157 Å². The molecule has 1 unspecified atom stereocenters. The molecule has 0 spiro atoms. The number of hydrogen-bond donors (Lipinski definition) is 0. The molecule has 1 aliphatic heterocycles. The third-order valence-electron chi connectivity index (χ3n) is 12.3. The summed E-state index contributed by atoms with van der Waals surface area (Å²) >= 11 is 0. The fourth-order valence-electron chi connectivity index (χ4n) is 8.89. The van der Waals surface area contributed by atoms with E-state index in [4.69, 9.17) is 15.5 Å². The van der Waals surface area contributed by atoms with Crippen molar-refractivity contribution < 1.29 is 35.7 Å². The van der Waals surface area contributed by atoms with E-state index < -0.39 is 5.91 Å². The standard InChI is InChI=1S/C22H28N3O.C21H29N2O.2C7H7.Zr/c1-15(2)17-9-8-10-18(16(3)4)21(17)25-14-13-24(22(25)23)19-11-6-7-12-20(19)26-5;22-21(24)19-14-8-7-13-18(19)20(16-9-3-1-4-10-16)15-23-17-11-5-2-6-12-17;2*1-7-5-3-2-4-6-7;/h6-12,15-16H,13-14H2,1-5H3;7-8,13-14,16-17,20H,1-6,9-12H2,(H2,22,24);2*2-6H,1H2;/q4*-1;/p-1. The molecule has 344 valence electrons. The molecule has 3 fully saturated rings. The number of benzene rings is 5. The molecule has 1 atom stereocenters. The minimum atomic E-state index is -0.592. The smallest absolute Gasteiger partial charge is 0.128 e. The summed E-state index contributed by atoms with van der Waals surface area (Å²) in [5.41, 5.74) is 15.8. The van der Waals surface area contributed by atoms with Crippen LogP contribution in [0.5, 0.6) is 5.75 Å². The van der Waals surface area contributed by atoms with E-state index in [1.54, 1.807) is 13.2 Å². The Hall–Kier alpha value is -5.07. The number of para-hydroxylation sites is 3. The van der Waals surface area contributed by atoms with E-state index in [2.05, 4.69) is 70.9 Å². The van der Waals surface area contributed by atoms with Crippen LogP contribution in [0.3, 0.4) is 0 Å². The quantitative estimate of drug-likeness (QED) is 0.103. The van der Waals surface area contributed by atoms with E-state index in [0.717, 1.165) is 46.9 Å². The number of hydrogen-bond acceptors (Lipinski definition) is 3. The van der Waals surface area contributed by atoms with Crippen molar-refractivity contribution in [3.05, 3.63) is 186 Å². The third-order valence-corrected chi connectivity index (χ3v) is 12.3. The summed E-state index contributed by atoms with van der Waals surface area (Å²) in [6.45, 7) is 17.7. The molecule has 1 saturated heterocycles. The Morgan fingerprint density at radius 1 is 0.662 bits per heavy atom. The van der Waals surface area contributed by atoms with Gasteiger partial charge in [0.05, 0.1) is 13.0 Å². The van der Waals surface area contributed by atoms with Gasteiger partial charge in [-0.25, -0.2) is 0 Å². The first-order valence-corrected chi connectivity index (χ1v) is 23.4. The van der Waals surface area contributed by atoms with E-state index in [9.17, 15) is 10.2 Å². The minimum absolute atomic E-state index is 0. The number of methoxy groups -OCH3 is 1. The maximum Gasteiger partial charge on any atom is 0.128 e. The molecule has 0 aromatic heterocycles. The molecule has 1 amide bonds. The first kappa shape index (κ1) is 52.6. The van der Waals surface area contributed by atoms with Crippen LogP contribution in [0.2, 0.25) is 0 Å². The van der Waals surface area contributed by atoms with Crippen molar-refractivity contribution in [1.82, 2.24) is 0 Å². The zero-order chi connectivity index (χ0) is 45.8. The van der Waals surface area contributed by atoms with Crippen molar-refractivity contribution in [1.29, 1.82) is 0 Å². The number of nitrogens with one attached hydrogen (secondary N) is 1. The van der Waals surface area contributed by atoms with Crippen LogP contribution < -0.4 is 14.5 Å². The molecule has 7 nitrogen and oxygen atoms in total. The van der Waals surface area contributed by atoms with E-state index in [1.165, 1.54) is 75.3 Å². The van der Waals surface area contributed by atoms with Crippen LogP contribution in [-0.2, 0) is 26.2 Å². The monoisotopic (exact) mass is 946 g/mol. The van der Waals surface area contributed by atoms with Crippen LogP contribution in [0.1, 0.15) is 148 Å². The fraction of sp³-hybridized carbons (Fsp3) is 0.386. The maximum atomic E-state index is 11.8. The van der Waals surface area contributed by atoms with Crippen LogP contribution in [0, 0.1) is 19.8 Å². The molecule has 5 aromatic rings. The molecule has 1 heterocycles. The summed E-state index contributed by atoms with van der Waals surface area (Å²) in [6.07, 6.45) is 15.8. The van der Waals surface area contributed by atoms with Crippen molar-refractivity contribution in [2.75, 3.05) is 30.0 Å². The zero-order valence-corrected chi connectivity index (χ0v) is 42.0. The molecule has 3 aliphatic rings. The number of carbonyl (C=O) groups excluding carboxylic acids is 1. The number of guanidine groups is 1. The van der Waals surface area contributed by atoms with Crippen molar-refractivity contribution in [2.24, 2.45) is 10.9 Å². The third kappa shape index (κ3) is 15.5. The zero-order valence-electron chi connectivity index (χ0n) is 39.5. The van der Waals surface area contributed by atoms with Crippen molar-refractivity contribution >= 4 is 29.5 Å². The van der Waals surface area contributed by atoms with Gasteiger partial charge in [0.2, 0.25) is 0 Å². The van der Waals surface area contributed by atoms with Gasteiger partial charge in [-0.05, 0) is 72.3 Å². The maximum absolute atomic E-state index is 11.8. The summed E-state index contributed by atoms with van der Waals surface area (Å²) < 4.78 is 5.49. The number of nitrogens with zero attached hydrogens (tertiary/aromatic N) is 4. The number of rotatable bonds is 10. The summed E-state index contributed by atoms with van der Waals surface area (Å²) in [5, 5.41) is 11.1. The molecule has 5 aromatic carbocycles. The Kier molecular flexibility index (Phi) is 22.2. The fourth-order valence-corrected chi connectivity index (χ4v) is 8.89. The van der Waals surface area contributed by atoms with Crippen molar-refractivity contribution in [3.8, 4) is 5.75 Å². The Balaban J connectivity index is 0.000000217. The van der Waals surface area contributed by atoms with Gasteiger partial charge in [-0.15, -0.1) is 30.2 Å². The van der Waals surface area contributed by atoms with Gasteiger partial charge >= 0.3 is 0 Å². The molecule has 8 heteroatoms. The van der Waals surface area contributed by atoms with Crippen LogP contribution in [0.25, 0.3) is 11.1 Å². The molecule has 1 N–H and O–H groups in total. The minimum Gasteiger partial charge on any atom is -0.664 e. The average molecular weight is 948 g/mol. The Labute approximate surface area is 410 Å². The number of carbonyl (C=O) groups is 1. The van der Waals surface area contributed by atoms with Gasteiger partial charge in [0.1, 0.15) is 5.75 Å². The predicted molar refractivity (Wildman–Crippen MR) is 271 cm³/mol. The summed E-state index contributed by atoms with van der Waals surface area (Å²) in [4.78, 5) is 20.6. The molecule has 8 rings (SSSR count). The van der Waals surface area contributed by atoms with Crippen LogP contribution in [0.15, 0.2) is 132 Å². The topological polar surface area (TPSA) is 91.2 Å². The van der Waals surface area contributed by atoms with Gasteiger partial charge in [-0.2, -0.15) is 49.2 Å². The Morgan fingerprint density at radius 3 is 1.65 bits per heavy atom. The SMILES string of the molecule is COc1ccccc1N1CCN(c2c(C(C)C)cccc2C(C)C)C1=[N-].[CH2-]c1ccccc1.[CH2-]c1ccccc1.[NH-]C(=O)c1ccccc1C([C-]=NC1CCCCC1)C1CCCCC1.[Zr]. The normalized spacial score (nSPS) is 15.8. The molecule has 0 radical (unpaired) electrons. The second kappa shape index (κ2) is 27.4. The van der Waals surface area contributed by atoms with E-state index >= 15 is 0 Å². The van der Waals surface area contributed by atoms with E-state index in [-0.39, 0.29) is 38.1 Å². The van der Waals surface area contributed by atoms with Gasteiger partial charge in [0, 0.05) is 43.9 Å². The molecule has 0 bridgehead atoms. The van der Waals surface area contributed by atoms with Gasteiger partial charge in [-0.3, -0.25) is 0 Å². The largest absolute Gasteiger partial charge is 0.664 e. The average Bonchev–Trinajstić information content (AvgIpc) is 3.70. The first-order chi connectivity index (χ1) is 31.0. The van der Waals surface area contributed by atoms with Crippen LogP contribution in [0.4, 0.5) is 11.4 Å². The molecular weight excluding hydrogens is 878 g/mol. The second-order valence-electron chi connectivity index (χ2n) is 17.7. The van der Waals surface area contributed by atoms with Gasteiger partial charge < -0.3 is 41.7 Å². The summed E-state index contributed by atoms with van der Waals surface area (Å²) in [5.74, 6) is 1.79. The van der Waals surface area contributed by atoms with Gasteiger partial charge in [0.15, 0.2) is 0 Å². The Bertz CT molecular complexity index is 2130. The predicted octanol–water partition coefficient (Wildman–Crippen LogP) is 14.8. The summed E-state index contributed by atoms with van der Waals surface area (Å²) in [6, 6.07) is 42.0. The molecular formula is C57H70N5O2Zr-5. The van der Waals surface area contributed by atoms with E-state index in [1.807, 2.05) is 108 Å². The number of aliphatic imine (C=N–C) groups is 1. The molecule has 65 heavy (non-hydrogen) atoms. The first-order valence-electron chi connectivity index (χ1n) is 23.4. The van der Waals surface area contributed by atoms with Gasteiger partial charge in [0.25, 0.3) is 0 Å². The van der Waals surface area contributed by atoms with Crippen LogP contribution >= 0.6 is 0 Å². The van der Waals surface area contributed by atoms with Crippen LogP contribution in [-0.4, -0.2) is 44.3 Å². The number of amides is 1. The molecule has 2 aliphatic carbocycles. The molecule has 2 saturated carbocycles. The number of ether oxygens (including phenoxy) is 1. The van der Waals surface area contributed by atoms with Crippen molar-refractivity contribution in [3.63, 3.8) is 0 Å². The number of anilines is 2.